The predicted molar refractivity (Wildman–Crippen MR) is 73.3 cm³/mol. The molecule has 0 saturated heterocycles. The average molecular weight is 283 g/mol. The zero-order valence-electron chi connectivity index (χ0n) is 10.3. The molecule has 2 nitrogen and oxygen atoms in total. The van der Waals surface area contributed by atoms with Crippen molar-refractivity contribution in [1.29, 1.82) is 0 Å². The number of nitrogens with one attached hydrogen (secondary N) is 1. The highest BCUT2D eigenvalue weighted by Crippen LogP contribution is 2.10. The van der Waals surface area contributed by atoms with Crippen LogP contribution < -0.4 is 5.32 Å². The van der Waals surface area contributed by atoms with Gasteiger partial charge in [-0.15, -0.1) is 0 Å². The third kappa shape index (κ3) is 5.42. The molecule has 0 spiro atoms. The highest BCUT2D eigenvalue weighted by atomic mass is 79.9. The molecule has 3 heteroatoms. The monoisotopic (exact) mass is 282 g/mol. The lowest BCUT2D eigenvalue weighted by Gasteiger charge is -2.20. The standard InChI is InChI=1S/C13H19BrN2/c1-10(8-16-13(2,3)4)7-12-6-5-11(14)9-15-12/h5-7,9,16H,8H2,1-4H3/b10-7-. The largest absolute Gasteiger partial charge is 0.308 e. The molecule has 16 heavy (non-hydrogen) atoms. The number of rotatable bonds is 3. The van der Waals surface area contributed by atoms with Crippen LogP contribution in [-0.2, 0) is 0 Å². The van der Waals surface area contributed by atoms with E-state index in [9.17, 15) is 0 Å². The molecule has 1 aromatic rings. The fourth-order valence-corrected chi connectivity index (χ4v) is 1.42. The van der Waals surface area contributed by atoms with Crippen molar-refractivity contribution in [3.8, 4) is 0 Å². The second-order valence-electron chi connectivity index (χ2n) is 5.00. The lowest BCUT2D eigenvalue weighted by Crippen LogP contribution is -2.36. The third-order valence-corrected chi connectivity index (χ3v) is 2.51. The first-order chi connectivity index (χ1) is 7.37. The molecule has 0 aliphatic heterocycles. The second-order valence-corrected chi connectivity index (χ2v) is 5.91. The molecule has 0 aromatic carbocycles. The van der Waals surface area contributed by atoms with E-state index >= 15 is 0 Å². The topological polar surface area (TPSA) is 24.9 Å². The Labute approximate surface area is 106 Å². The Bertz CT molecular complexity index is 361. The van der Waals surface area contributed by atoms with Gasteiger partial charge >= 0.3 is 0 Å². The molecule has 0 unspecified atom stereocenters. The summed E-state index contributed by atoms with van der Waals surface area (Å²) < 4.78 is 1.01. The Morgan fingerprint density at radius 3 is 2.62 bits per heavy atom. The molecule has 0 aliphatic carbocycles. The van der Waals surface area contributed by atoms with E-state index in [4.69, 9.17) is 0 Å². The Hall–Kier alpha value is -0.670. The van der Waals surface area contributed by atoms with E-state index in [1.165, 1.54) is 5.57 Å². The summed E-state index contributed by atoms with van der Waals surface area (Å²) in [5.41, 5.74) is 2.43. The minimum absolute atomic E-state index is 0.155. The van der Waals surface area contributed by atoms with Gasteiger partial charge in [0.05, 0.1) is 5.69 Å². The predicted octanol–water partition coefficient (Wildman–Crippen LogP) is 3.64. The molecule has 0 radical (unpaired) electrons. The number of aromatic nitrogens is 1. The fraction of sp³-hybridized carbons (Fsp3) is 0.462. The van der Waals surface area contributed by atoms with Crippen molar-refractivity contribution >= 4 is 22.0 Å². The SMILES string of the molecule is C/C(=C/c1ccc(Br)cn1)CNC(C)(C)C. The van der Waals surface area contributed by atoms with Crippen molar-refractivity contribution in [2.45, 2.75) is 33.2 Å². The van der Waals surface area contributed by atoms with Crippen LogP contribution in [0.1, 0.15) is 33.4 Å². The van der Waals surface area contributed by atoms with E-state index < -0.39 is 0 Å². The van der Waals surface area contributed by atoms with Crippen LogP contribution in [0.5, 0.6) is 0 Å². The van der Waals surface area contributed by atoms with E-state index in [1.807, 2.05) is 18.3 Å². The van der Waals surface area contributed by atoms with Crippen LogP contribution in [-0.4, -0.2) is 17.1 Å². The van der Waals surface area contributed by atoms with Crippen molar-refractivity contribution in [3.63, 3.8) is 0 Å². The van der Waals surface area contributed by atoms with Crippen molar-refractivity contribution in [3.05, 3.63) is 34.1 Å². The Morgan fingerprint density at radius 1 is 1.44 bits per heavy atom. The van der Waals surface area contributed by atoms with Gasteiger partial charge in [0.2, 0.25) is 0 Å². The van der Waals surface area contributed by atoms with Crippen molar-refractivity contribution in [2.24, 2.45) is 0 Å². The number of hydrogen-bond acceptors (Lipinski definition) is 2. The minimum Gasteiger partial charge on any atom is -0.308 e. The van der Waals surface area contributed by atoms with Crippen LogP contribution in [0.15, 0.2) is 28.4 Å². The normalized spacial score (nSPS) is 12.9. The van der Waals surface area contributed by atoms with Crippen LogP contribution in [0.3, 0.4) is 0 Å². The summed E-state index contributed by atoms with van der Waals surface area (Å²) in [7, 11) is 0. The molecule has 0 amide bonds. The Kier molecular flexibility index (Phi) is 4.69. The third-order valence-electron chi connectivity index (χ3n) is 2.04. The van der Waals surface area contributed by atoms with Crippen LogP contribution in [0.25, 0.3) is 6.08 Å². The van der Waals surface area contributed by atoms with E-state index in [2.05, 4.69) is 60.0 Å². The van der Waals surface area contributed by atoms with E-state index in [1.54, 1.807) is 0 Å². The van der Waals surface area contributed by atoms with Gasteiger partial charge in [0.15, 0.2) is 0 Å². The maximum atomic E-state index is 4.31. The lowest BCUT2D eigenvalue weighted by atomic mass is 10.1. The molecule has 0 fully saturated rings. The molecule has 1 aromatic heterocycles. The van der Waals surface area contributed by atoms with Crippen LogP contribution in [0, 0.1) is 0 Å². The van der Waals surface area contributed by atoms with Gasteiger partial charge in [0.1, 0.15) is 0 Å². The Balaban J connectivity index is 2.59. The highest BCUT2D eigenvalue weighted by Gasteiger charge is 2.07. The minimum atomic E-state index is 0.155. The van der Waals surface area contributed by atoms with Gasteiger partial charge in [-0.1, -0.05) is 5.57 Å². The van der Waals surface area contributed by atoms with E-state index in [0.717, 1.165) is 16.7 Å². The lowest BCUT2D eigenvalue weighted by molar-refractivity contribution is 0.445. The maximum absolute atomic E-state index is 4.31. The summed E-state index contributed by atoms with van der Waals surface area (Å²) in [6, 6.07) is 4.01. The second kappa shape index (κ2) is 5.60. The first kappa shape index (κ1) is 13.4. The number of hydrogen-bond donors (Lipinski definition) is 1. The number of halogens is 1. The molecule has 0 atom stereocenters. The van der Waals surface area contributed by atoms with Gasteiger partial charge in [-0.3, -0.25) is 4.98 Å². The quantitative estimate of drug-likeness (QED) is 0.916. The number of pyridine rings is 1. The molecule has 0 bridgehead atoms. The van der Waals surface area contributed by atoms with Crippen molar-refractivity contribution < 1.29 is 0 Å². The number of nitrogens with zero attached hydrogens (tertiary/aromatic N) is 1. The van der Waals surface area contributed by atoms with Crippen LogP contribution in [0.4, 0.5) is 0 Å². The summed E-state index contributed by atoms with van der Waals surface area (Å²) in [5, 5.41) is 3.45. The van der Waals surface area contributed by atoms with Crippen molar-refractivity contribution in [2.75, 3.05) is 6.54 Å². The van der Waals surface area contributed by atoms with Gasteiger partial charge in [0.25, 0.3) is 0 Å². The molecule has 1 N–H and O–H groups in total. The first-order valence-electron chi connectivity index (χ1n) is 5.40. The zero-order chi connectivity index (χ0) is 12.2. The molecular formula is C13H19BrN2. The molecule has 0 saturated carbocycles. The highest BCUT2D eigenvalue weighted by molar-refractivity contribution is 9.10. The molecular weight excluding hydrogens is 264 g/mol. The maximum Gasteiger partial charge on any atom is 0.0630 e. The summed E-state index contributed by atoms with van der Waals surface area (Å²) in [4.78, 5) is 4.31. The van der Waals surface area contributed by atoms with Crippen molar-refractivity contribution in [1.82, 2.24) is 10.3 Å². The molecule has 0 aliphatic rings. The van der Waals surface area contributed by atoms with Gasteiger partial charge in [0, 0.05) is 22.8 Å². The first-order valence-corrected chi connectivity index (χ1v) is 6.20. The molecule has 88 valence electrons. The smallest absolute Gasteiger partial charge is 0.0630 e. The van der Waals surface area contributed by atoms with Gasteiger partial charge in [-0.2, -0.15) is 0 Å². The van der Waals surface area contributed by atoms with Gasteiger partial charge < -0.3 is 5.32 Å². The summed E-state index contributed by atoms with van der Waals surface area (Å²) >= 11 is 3.37. The van der Waals surface area contributed by atoms with Crippen LogP contribution >= 0.6 is 15.9 Å². The van der Waals surface area contributed by atoms with E-state index in [-0.39, 0.29) is 5.54 Å². The van der Waals surface area contributed by atoms with Gasteiger partial charge in [-0.05, 0) is 61.8 Å². The zero-order valence-corrected chi connectivity index (χ0v) is 11.9. The summed E-state index contributed by atoms with van der Waals surface area (Å²) in [6.45, 7) is 9.50. The van der Waals surface area contributed by atoms with E-state index in [0.29, 0.717) is 0 Å². The summed E-state index contributed by atoms with van der Waals surface area (Å²) in [6.07, 6.45) is 3.92. The Morgan fingerprint density at radius 2 is 2.12 bits per heavy atom. The molecule has 1 rings (SSSR count). The van der Waals surface area contributed by atoms with Gasteiger partial charge in [-0.25, -0.2) is 0 Å². The van der Waals surface area contributed by atoms with Crippen LogP contribution in [0.2, 0.25) is 0 Å². The fourth-order valence-electron chi connectivity index (χ4n) is 1.18. The average Bonchev–Trinajstić information content (AvgIpc) is 2.18. The summed E-state index contributed by atoms with van der Waals surface area (Å²) in [5.74, 6) is 0. The molecule has 1 heterocycles.